The van der Waals surface area contributed by atoms with E-state index in [4.69, 9.17) is 4.42 Å². The highest BCUT2D eigenvalue weighted by molar-refractivity contribution is 5.83. The van der Waals surface area contributed by atoms with E-state index in [1.165, 1.54) is 0 Å². The van der Waals surface area contributed by atoms with Crippen LogP contribution in [0.1, 0.15) is 12.2 Å². The molecule has 0 aliphatic carbocycles. The number of aryl methyl sites for hydroxylation is 1. The highest BCUT2D eigenvalue weighted by Crippen LogP contribution is 2.07. The third-order valence-corrected chi connectivity index (χ3v) is 1.54. The number of hydrogen-bond donors (Lipinski definition) is 0. The Morgan fingerprint density at radius 1 is 1.67 bits per heavy atom. The lowest BCUT2D eigenvalue weighted by Gasteiger charge is -2.03. The van der Waals surface area contributed by atoms with Crippen molar-refractivity contribution in [3.05, 3.63) is 36.3 Å². The summed E-state index contributed by atoms with van der Waals surface area (Å²) in [5, 5.41) is 10.2. The Labute approximate surface area is 70.3 Å². The molecule has 1 heterocycles. The summed E-state index contributed by atoms with van der Waals surface area (Å²) in [7, 11) is 0. The predicted octanol–water partition coefficient (Wildman–Crippen LogP) is 0.518. The molecule has 0 N–H and O–H groups in total. The zero-order valence-electron chi connectivity index (χ0n) is 6.58. The van der Waals surface area contributed by atoms with Gasteiger partial charge in [-0.3, -0.25) is 0 Å². The Morgan fingerprint density at radius 3 is 2.92 bits per heavy atom. The second kappa shape index (κ2) is 3.76. The van der Waals surface area contributed by atoms with Crippen LogP contribution in [0, 0.1) is 0 Å². The van der Waals surface area contributed by atoms with Gasteiger partial charge in [-0.15, -0.1) is 0 Å². The number of furan rings is 1. The van der Waals surface area contributed by atoms with Crippen LogP contribution in [0.25, 0.3) is 0 Å². The maximum Gasteiger partial charge on any atom is 0.104 e. The van der Waals surface area contributed by atoms with Crippen molar-refractivity contribution in [2.45, 2.75) is 12.8 Å². The molecule has 0 aliphatic heterocycles. The molecule has 0 atom stereocenters. The van der Waals surface area contributed by atoms with E-state index in [1.807, 2.05) is 0 Å². The molecule has 64 valence electrons. The van der Waals surface area contributed by atoms with Crippen molar-refractivity contribution in [3.63, 3.8) is 0 Å². The molecule has 3 nitrogen and oxygen atoms in total. The Balaban J connectivity index is 2.37. The van der Waals surface area contributed by atoms with Crippen molar-refractivity contribution in [1.29, 1.82) is 0 Å². The summed E-state index contributed by atoms with van der Waals surface area (Å²) in [6, 6.07) is 3.56. The lowest BCUT2D eigenvalue weighted by Crippen LogP contribution is -2.24. The van der Waals surface area contributed by atoms with Crippen molar-refractivity contribution in [2.24, 2.45) is 0 Å². The van der Waals surface area contributed by atoms with E-state index in [1.54, 1.807) is 18.4 Å². The largest absolute Gasteiger partial charge is 0.545 e. The van der Waals surface area contributed by atoms with Gasteiger partial charge in [0, 0.05) is 6.42 Å². The molecule has 3 heteroatoms. The molecule has 0 aliphatic rings. The highest BCUT2D eigenvalue weighted by atomic mass is 16.4. The van der Waals surface area contributed by atoms with Crippen molar-refractivity contribution in [1.82, 2.24) is 0 Å². The zero-order valence-corrected chi connectivity index (χ0v) is 6.58. The number of carboxylic acid groups (broad SMARTS) is 1. The fourth-order valence-electron chi connectivity index (χ4n) is 0.831. The van der Waals surface area contributed by atoms with Gasteiger partial charge >= 0.3 is 0 Å². The molecule has 1 rings (SSSR count). The Kier molecular flexibility index (Phi) is 2.69. The number of carbonyl (C=O) groups is 1. The Bertz CT molecular complexity index is 272. The molecule has 0 bridgehead atoms. The van der Waals surface area contributed by atoms with Gasteiger partial charge in [-0.25, -0.2) is 0 Å². The molecular weight excluding hydrogens is 156 g/mol. The van der Waals surface area contributed by atoms with E-state index >= 15 is 0 Å². The normalized spacial score (nSPS) is 9.67. The van der Waals surface area contributed by atoms with Gasteiger partial charge in [-0.1, -0.05) is 6.58 Å². The van der Waals surface area contributed by atoms with Crippen molar-refractivity contribution in [2.75, 3.05) is 0 Å². The minimum atomic E-state index is -1.19. The molecule has 0 saturated heterocycles. The summed E-state index contributed by atoms with van der Waals surface area (Å²) in [6.45, 7) is 3.35. The first-order chi connectivity index (χ1) is 5.70. The first-order valence-corrected chi connectivity index (χ1v) is 3.61. The van der Waals surface area contributed by atoms with Crippen molar-refractivity contribution in [3.8, 4) is 0 Å². The summed E-state index contributed by atoms with van der Waals surface area (Å²) in [5.41, 5.74) is 0.103. The summed E-state index contributed by atoms with van der Waals surface area (Å²) < 4.78 is 5.01. The van der Waals surface area contributed by atoms with Gasteiger partial charge in [0.2, 0.25) is 0 Å². The van der Waals surface area contributed by atoms with Crippen LogP contribution in [0.15, 0.2) is 35.0 Å². The van der Waals surface area contributed by atoms with E-state index in [2.05, 4.69) is 6.58 Å². The molecule has 0 unspecified atom stereocenters. The van der Waals surface area contributed by atoms with Crippen LogP contribution in [0.4, 0.5) is 0 Å². The van der Waals surface area contributed by atoms with Crippen LogP contribution in [-0.2, 0) is 11.2 Å². The fourth-order valence-corrected chi connectivity index (χ4v) is 0.831. The highest BCUT2D eigenvalue weighted by Gasteiger charge is 1.98. The van der Waals surface area contributed by atoms with Crippen molar-refractivity contribution < 1.29 is 14.3 Å². The monoisotopic (exact) mass is 165 g/mol. The number of carboxylic acids is 1. The first kappa shape index (κ1) is 8.59. The van der Waals surface area contributed by atoms with E-state index in [0.717, 1.165) is 5.76 Å². The minimum Gasteiger partial charge on any atom is -0.545 e. The Morgan fingerprint density at radius 2 is 2.42 bits per heavy atom. The average molecular weight is 165 g/mol. The zero-order chi connectivity index (χ0) is 8.97. The number of hydrogen-bond acceptors (Lipinski definition) is 3. The van der Waals surface area contributed by atoms with E-state index in [9.17, 15) is 9.90 Å². The lowest BCUT2D eigenvalue weighted by molar-refractivity contribution is -0.299. The first-order valence-electron chi connectivity index (χ1n) is 3.61. The van der Waals surface area contributed by atoms with Crippen LogP contribution in [0.3, 0.4) is 0 Å². The summed E-state index contributed by atoms with van der Waals surface area (Å²) in [5.74, 6) is -0.432. The van der Waals surface area contributed by atoms with Crippen LogP contribution in [0.5, 0.6) is 0 Å². The van der Waals surface area contributed by atoms with Crippen LogP contribution in [0.2, 0.25) is 0 Å². The number of rotatable bonds is 4. The fraction of sp³-hybridized carbons (Fsp3) is 0.222. The molecule has 0 fully saturated rings. The molecular formula is C9H9O3-. The van der Waals surface area contributed by atoms with Gasteiger partial charge in [0.15, 0.2) is 0 Å². The van der Waals surface area contributed by atoms with Gasteiger partial charge in [0.25, 0.3) is 0 Å². The SMILES string of the molecule is C=C(CCc1ccco1)C(=O)[O-]. The summed E-state index contributed by atoms with van der Waals surface area (Å²) in [6.07, 6.45) is 2.48. The lowest BCUT2D eigenvalue weighted by atomic mass is 10.1. The number of aliphatic carboxylic acids is 1. The predicted molar refractivity (Wildman–Crippen MR) is 41.2 cm³/mol. The average Bonchev–Trinajstić information content (AvgIpc) is 2.51. The molecule has 1 aromatic rings. The second-order valence-electron chi connectivity index (χ2n) is 2.47. The Hall–Kier alpha value is -1.51. The standard InChI is InChI=1S/C9H10O3/c1-7(9(10)11)4-5-8-3-2-6-12-8/h2-3,6H,1,4-5H2,(H,10,11)/p-1. The van der Waals surface area contributed by atoms with E-state index < -0.39 is 5.97 Å². The quantitative estimate of drug-likeness (QED) is 0.611. The van der Waals surface area contributed by atoms with E-state index in [0.29, 0.717) is 12.8 Å². The molecule has 12 heavy (non-hydrogen) atoms. The topological polar surface area (TPSA) is 53.3 Å². The molecule has 0 radical (unpaired) electrons. The van der Waals surface area contributed by atoms with Crippen molar-refractivity contribution >= 4 is 5.97 Å². The van der Waals surface area contributed by atoms with Gasteiger partial charge in [-0.05, 0) is 24.1 Å². The third-order valence-electron chi connectivity index (χ3n) is 1.54. The van der Waals surface area contributed by atoms with E-state index in [-0.39, 0.29) is 5.57 Å². The van der Waals surface area contributed by atoms with Crippen LogP contribution in [-0.4, -0.2) is 5.97 Å². The third kappa shape index (κ3) is 2.27. The molecule has 0 amide bonds. The summed E-state index contributed by atoms with van der Waals surface area (Å²) >= 11 is 0. The van der Waals surface area contributed by atoms with Gasteiger partial charge in [0.1, 0.15) is 5.76 Å². The van der Waals surface area contributed by atoms with Gasteiger partial charge < -0.3 is 14.3 Å². The smallest absolute Gasteiger partial charge is 0.104 e. The second-order valence-corrected chi connectivity index (χ2v) is 2.47. The molecule has 0 spiro atoms. The maximum atomic E-state index is 10.2. The molecule has 0 aromatic carbocycles. The molecule has 1 aromatic heterocycles. The van der Waals surface area contributed by atoms with Crippen LogP contribution < -0.4 is 5.11 Å². The van der Waals surface area contributed by atoms with Gasteiger partial charge in [0.05, 0.1) is 12.2 Å². The van der Waals surface area contributed by atoms with Gasteiger partial charge in [-0.2, -0.15) is 0 Å². The van der Waals surface area contributed by atoms with Crippen LogP contribution >= 0.6 is 0 Å². The maximum absolute atomic E-state index is 10.2. The summed E-state index contributed by atoms with van der Waals surface area (Å²) in [4.78, 5) is 10.2. The number of carbonyl (C=O) groups excluding carboxylic acids is 1. The minimum absolute atomic E-state index is 0.103. The molecule has 0 saturated carbocycles.